The first kappa shape index (κ1) is 75.2. The molecule has 0 bridgehead atoms. The fourth-order valence-electron chi connectivity index (χ4n) is 7.37. The number of benzene rings is 1. The first-order valence-corrected chi connectivity index (χ1v) is 26.8. The van der Waals surface area contributed by atoms with Crippen LogP contribution in [0, 0.1) is 5.92 Å². The Labute approximate surface area is 492 Å². The molecule has 0 fully saturated rings. The number of aromatic hydroxyl groups is 1. The van der Waals surface area contributed by atoms with Crippen molar-refractivity contribution in [2.75, 3.05) is 39.5 Å². The van der Waals surface area contributed by atoms with E-state index < -0.39 is 195 Å². The van der Waals surface area contributed by atoms with Gasteiger partial charge in [0.15, 0.2) is 5.96 Å². The zero-order valence-electron chi connectivity index (χ0n) is 48.0. The van der Waals surface area contributed by atoms with Gasteiger partial charge in [-0.1, -0.05) is 26.0 Å². The molecule has 36 nitrogen and oxygen atoms in total. The molecule has 36 heteroatoms. The molecule has 1 rings (SSSR count). The third-order valence-electron chi connectivity index (χ3n) is 12.2. The maximum Gasteiger partial charge on any atom is 0.325 e. The fraction of sp³-hybridized carbons (Fsp3) is 0.600. The van der Waals surface area contributed by atoms with E-state index in [0.717, 1.165) is 6.92 Å². The molecule has 1 aromatic rings. The molecule has 0 unspecified atom stereocenters. The second kappa shape index (κ2) is 38.2. The maximum absolute atomic E-state index is 13.8. The number of carbonyl (C=O) groups is 13. The van der Waals surface area contributed by atoms with Crippen LogP contribution in [0.2, 0.25) is 0 Å². The van der Waals surface area contributed by atoms with Crippen molar-refractivity contribution in [1.82, 2.24) is 58.5 Å². The number of primary amides is 1. The van der Waals surface area contributed by atoms with Crippen LogP contribution in [0.1, 0.15) is 72.3 Å². The highest BCUT2D eigenvalue weighted by Crippen LogP contribution is 2.14. The van der Waals surface area contributed by atoms with Crippen molar-refractivity contribution in [3.05, 3.63) is 29.8 Å². The molecule has 0 radical (unpaired) electrons. The molecule has 12 amide bonds. The first-order chi connectivity index (χ1) is 40.3. The second-order valence-corrected chi connectivity index (χ2v) is 20.0. The van der Waals surface area contributed by atoms with Crippen molar-refractivity contribution in [2.24, 2.45) is 33.8 Å². The number of carboxylic acid groups (broad SMARTS) is 1. The number of hydrogen-bond acceptors (Lipinski definition) is 21. The van der Waals surface area contributed by atoms with E-state index >= 15 is 0 Å². The molecule has 0 spiro atoms. The summed E-state index contributed by atoms with van der Waals surface area (Å²) >= 11 is 0. The number of aliphatic hydroxyl groups is 5. The Morgan fingerprint density at radius 1 is 0.512 bits per heavy atom. The zero-order chi connectivity index (χ0) is 65.5. The van der Waals surface area contributed by atoms with Crippen LogP contribution in [0.3, 0.4) is 0 Å². The minimum Gasteiger partial charge on any atom is -0.508 e. The Morgan fingerprint density at radius 3 is 1.45 bits per heavy atom. The highest BCUT2D eigenvalue weighted by Gasteiger charge is 2.36. The Kier molecular flexibility index (Phi) is 33.4. The fourth-order valence-corrected chi connectivity index (χ4v) is 7.37. The van der Waals surface area contributed by atoms with Crippen molar-refractivity contribution in [2.45, 2.75) is 146 Å². The van der Waals surface area contributed by atoms with E-state index in [4.69, 9.17) is 22.9 Å². The predicted molar refractivity (Wildman–Crippen MR) is 299 cm³/mol. The number of aliphatic hydroxyl groups excluding tert-OH is 5. The minimum absolute atomic E-state index is 0.0147. The number of amides is 12. The second-order valence-electron chi connectivity index (χ2n) is 20.0. The van der Waals surface area contributed by atoms with Crippen molar-refractivity contribution >= 4 is 82.8 Å². The molecular formula is C50H82N16O20. The quantitative estimate of drug-likeness (QED) is 0.0165. The van der Waals surface area contributed by atoms with E-state index in [1.165, 1.54) is 38.1 Å². The average molecular weight is 1230 g/mol. The van der Waals surface area contributed by atoms with Crippen molar-refractivity contribution in [1.29, 1.82) is 0 Å². The lowest BCUT2D eigenvalue weighted by Gasteiger charge is -2.28. The molecule has 12 atom stereocenters. The molecule has 26 N–H and O–H groups in total. The molecule has 0 aromatic heterocycles. The van der Waals surface area contributed by atoms with E-state index in [1.807, 2.05) is 16.0 Å². The van der Waals surface area contributed by atoms with Gasteiger partial charge in [-0.15, -0.1) is 0 Å². The van der Waals surface area contributed by atoms with Crippen molar-refractivity contribution < 1.29 is 98.1 Å². The standard InChI is InChI=1S/C50H82N16O20/c1-22(2)15-30(43(79)58-24(4)49(85)86)61-44(80)31(16-26-8-10-27(72)11-9-26)62-48(84)38(25(5)71)66-47(83)35(21-70)65-45(81)33(19-68)59-37(74)17-56-41(77)32(18-67)64-42(78)29(12-13-36(52)73)60-46(82)34(20-69)63-39(75)23(3)57-40(76)28(51)7-6-14-55-50(53)54/h8-11,22-25,28-35,38,67-72H,6-7,12-21,51H2,1-5H3,(H2,52,73)(H,56,77)(H,57,76)(H,58,79)(H,59,74)(H,60,82)(H,61,80)(H,62,84)(H,63,75)(H,64,78)(H,65,81)(H,66,83)(H,85,86)(H4,53,54,55)/t23-,24-,25+,28-,29-,30-,31-,32-,33-,34-,35-,38-/m0/s1. The minimum atomic E-state index is -1.96. The summed E-state index contributed by atoms with van der Waals surface area (Å²) in [4.78, 5) is 172. The van der Waals surface area contributed by atoms with Gasteiger partial charge >= 0.3 is 5.97 Å². The number of nitrogens with zero attached hydrogens (tertiary/aromatic N) is 1. The van der Waals surface area contributed by atoms with Gasteiger partial charge in [0.1, 0.15) is 66.2 Å². The smallest absolute Gasteiger partial charge is 0.325 e. The van der Waals surface area contributed by atoms with Crippen LogP contribution in [0.5, 0.6) is 5.75 Å². The van der Waals surface area contributed by atoms with Crippen LogP contribution in [0.4, 0.5) is 0 Å². The van der Waals surface area contributed by atoms with Crippen LogP contribution in [0.25, 0.3) is 0 Å². The Morgan fingerprint density at radius 2 is 0.953 bits per heavy atom. The number of phenolic OH excluding ortho intramolecular Hbond substituents is 1. The molecule has 0 saturated carbocycles. The molecule has 0 aliphatic carbocycles. The van der Waals surface area contributed by atoms with Gasteiger partial charge in [-0.25, -0.2) is 0 Å². The molecule has 86 heavy (non-hydrogen) atoms. The number of aliphatic carboxylic acids is 1. The highest BCUT2D eigenvalue weighted by molar-refractivity contribution is 5.99. The van der Waals surface area contributed by atoms with E-state index in [-0.39, 0.29) is 43.4 Å². The predicted octanol–water partition coefficient (Wildman–Crippen LogP) is -10.9. The van der Waals surface area contributed by atoms with Gasteiger partial charge in [0.05, 0.1) is 45.1 Å². The summed E-state index contributed by atoms with van der Waals surface area (Å²) in [6.07, 6.45) is -2.66. The molecule has 482 valence electrons. The van der Waals surface area contributed by atoms with Gasteiger partial charge in [0.2, 0.25) is 70.9 Å². The Hall–Kier alpha value is -8.84. The summed E-state index contributed by atoms with van der Waals surface area (Å²) in [6, 6.07) is -12.4. The van der Waals surface area contributed by atoms with Crippen LogP contribution >= 0.6 is 0 Å². The molecule has 0 saturated heterocycles. The molecule has 0 heterocycles. The lowest BCUT2D eigenvalue weighted by molar-refractivity contribution is -0.142. The van der Waals surface area contributed by atoms with Crippen LogP contribution in [-0.2, 0) is 68.7 Å². The van der Waals surface area contributed by atoms with Crippen LogP contribution < -0.4 is 81.4 Å². The zero-order valence-corrected chi connectivity index (χ0v) is 48.0. The average Bonchev–Trinajstić information content (AvgIpc) is 2.67. The molecule has 1 aromatic carbocycles. The summed E-state index contributed by atoms with van der Waals surface area (Å²) in [5, 5.41) is 94.0. The van der Waals surface area contributed by atoms with Crippen LogP contribution in [0.15, 0.2) is 29.3 Å². The summed E-state index contributed by atoms with van der Waals surface area (Å²) in [5.74, 6) is -15.1. The van der Waals surface area contributed by atoms with Gasteiger partial charge in [-0.3, -0.25) is 67.3 Å². The van der Waals surface area contributed by atoms with Crippen molar-refractivity contribution in [3.63, 3.8) is 0 Å². The highest BCUT2D eigenvalue weighted by atomic mass is 16.4. The third kappa shape index (κ3) is 27.7. The largest absolute Gasteiger partial charge is 0.508 e. The van der Waals surface area contributed by atoms with Gasteiger partial charge in [0.25, 0.3) is 0 Å². The number of phenols is 1. The number of nitrogens with one attached hydrogen (secondary N) is 11. The van der Waals surface area contributed by atoms with E-state index in [2.05, 4.69) is 47.5 Å². The van der Waals surface area contributed by atoms with Crippen molar-refractivity contribution in [3.8, 4) is 5.75 Å². The SMILES string of the molecule is CC(C)C[C@H](NC(=O)[C@H](Cc1ccc(O)cc1)NC(=O)[C@@H](NC(=O)[C@H](CO)NC(=O)[C@H](CO)NC(=O)CNC(=O)[C@H](CO)NC(=O)[C@H](CCC(N)=O)NC(=O)[C@H](CO)NC(=O)[C@H](C)NC(=O)[C@@H](N)CCCN=C(N)N)[C@@H](C)O)C(=O)N[C@@H](C)C(=O)O. The lowest BCUT2D eigenvalue weighted by atomic mass is 10.00. The lowest BCUT2D eigenvalue weighted by Crippen LogP contribution is -2.62. The summed E-state index contributed by atoms with van der Waals surface area (Å²) in [5.41, 5.74) is 22.0. The monoisotopic (exact) mass is 1230 g/mol. The van der Waals surface area contributed by atoms with Gasteiger partial charge in [-0.2, -0.15) is 0 Å². The molecule has 0 aliphatic heterocycles. The number of aliphatic imine (C=N–C) groups is 1. The first-order valence-electron chi connectivity index (χ1n) is 26.8. The number of guanidine groups is 1. The van der Waals surface area contributed by atoms with Gasteiger partial charge < -0.3 is 117 Å². The van der Waals surface area contributed by atoms with Crippen LogP contribution in [-0.4, -0.2) is 231 Å². The summed E-state index contributed by atoms with van der Waals surface area (Å²) in [7, 11) is 0. The number of rotatable bonds is 39. The number of nitrogens with two attached hydrogens (primary N) is 4. The van der Waals surface area contributed by atoms with E-state index in [0.29, 0.717) is 12.0 Å². The van der Waals surface area contributed by atoms with E-state index in [9.17, 15) is 98.1 Å². The Balaban J connectivity index is 3.09. The Bertz CT molecular complexity index is 2540. The topological polar surface area (TPSA) is 612 Å². The van der Waals surface area contributed by atoms with E-state index in [1.54, 1.807) is 13.8 Å². The number of carboxylic acids is 1. The summed E-state index contributed by atoms with van der Waals surface area (Å²) in [6.45, 7) is 1.52. The van der Waals surface area contributed by atoms with Gasteiger partial charge in [-0.05, 0) is 70.1 Å². The molecule has 0 aliphatic rings. The number of carbonyl (C=O) groups excluding carboxylic acids is 12. The summed E-state index contributed by atoms with van der Waals surface area (Å²) < 4.78 is 0. The normalized spacial score (nSPS) is 15.2. The third-order valence-corrected chi connectivity index (χ3v) is 12.2. The maximum atomic E-state index is 13.8. The van der Waals surface area contributed by atoms with Gasteiger partial charge in [0, 0.05) is 19.4 Å². The number of hydrogen-bond donors (Lipinski definition) is 22. The molecular weight excluding hydrogens is 1140 g/mol.